The molecule has 9 aromatic rings. The van der Waals surface area contributed by atoms with Crippen LogP contribution in [0.25, 0.3) is 0 Å². The van der Waals surface area contributed by atoms with E-state index in [0.29, 0.717) is 29.0 Å². The van der Waals surface area contributed by atoms with E-state index in [9.17, 15) is 24.6 Å². The molecule has 107 heavy (non-hydrogen) atoms. The molecule has 0 saturated carbocycles. The Hall–Kier alpha value is -9.61. The Morgan fingerprint density at radius 2 is 0.794 bits per heavy atom. The van der Waals surface area contributed by atoms with Gasteiger partial charge in [-0.25, -0.2) is 28.8 Å². The number of carbonyl (C=O) groups excluding carboxylic acids is 1. The smallest absolute Gasteiger partial charge is 0.364 e. The number of ether oxygens (including phenoxy) is 6. The number of aliphatic hydroxyl groups is 2. The minimum absolute atomic E-state index is 0.0266. The third-order valence-corrected chi connectivity index (χ3v) is 19.5. The van der Waals surface area contributed by atoms with E-state index >= 15 is 0 Å². The minimum Gasteiger partial charge on any atom is -0.497 e. The average Bonchev–Trinajstić information content (AvgIpc) is 1.70. The zero-order chi connectivity index (χ0) is 75.6. The van der Waals surface area contributed by atoms with Crippen molar-refractivity contribution in [3.63, 3.8) is 0 Å². The highest BCUT2D eigenvalue weighted by Crippen LogP contribution is 2.31. The lowest BCUT2D eigenvalue weighted by Crippen LogP contribution is -2.38. The number of carbonyl (C=O) groups is 3. The summed E-state index contributed by atoms with van der Waals surface area (Å²) in [5, 5.41) is 68.4. The zero-order valence-corrected chi connectivity index (χ0v) is 62.9. The normalized spacial score (nSPS) is 15.9. The van der Waals surface area contributed by atoms with Gasteiger partial charge < -0.3 is 73.8 Å². The number of H-pyrrole nitrogens is 1. The number of esters is 1. The van der Waals surface area contributed by atoms with Crippen molar-refractivity contribution in [2.24, 2.45) is 0 Å². The highest BCUT2D eigenvalue weighted by molar-refractivity contribution is 6.31. The summed E-state index contributed by atoms with van der Waals surface area (Å²) < 4.78 is 36.8. The van der Waals surface area contributed by atoms with Gasteiger partial charge in [0.1, 0.15) is 29.8 Å². The van der Waals surface area contributed by atoms with E-state index in [1.165, 1.54) is 10.4 Å². The van der Waals surface area contributed by atoms with Gasteiger partial charge in [-0.15, -0.1) is 10.2 Å². The van der Waals surface area contributed by atoms with Crippen LogP contribution in [0.5, 0.6) is 29.1 Å². The van der Waals surface area contributed by atoms with Crippen LogP contribution in [0.4, 0.5) is 22.7 Å². The van der Waals surface area contributed by atoms with Crippen molar-refractivity contribution in [3.05, 3.63) is 194 Å². The van der Waals surface area contributed by atoms with Crippen LogP contribution >= 0.6 is 46.4 Å². The fourth-order valence-electron chi connectivity index (χ4n) is 12.5. The summed E-state index contributed by atoms with van der Waals surface area (Å²) in [6.45, 7) is 11.5. The van der Waals surface area contributed by atoms with Crippen molar-refractivity contribution < 1.29 is 63.2 Å². The number of aliphatic hydroxyl groups excluding tert-OH is 2. The van der Waals surface area contributed by atoms with E-state index in [2.05, 4.69) is 61.0 Å². The molecule has 8 heterocycles. The van der Waals surface area contributed by atoms with Gasteiger partial charge in [-0.2, -0.15) is 0 Å². The van der Waals surface area contributed by atoms with Crippen LogP contribution in [0.1, 0.15) is 114 Å². The van der Waals surface area contributed by atoms with Gasteiger partial charge in [0.2, 0.25) is 28.8 Å². The van der Waals surface area contributed by atoms with E-state index in [1.54, 1.807) is 25.8 Å². The van der Waals surface area contributed by atoms with E-state index in [0.717, 1.165) is 179 Å². The maximum absolute atomic E-state index is 12.5. The first kappa shape index (κ1) is 79.9. The number of methoxy groups -OCH3 is 2. The van der Waals surface area contributed by atoms with Gasteiger partial charge in [-0.05, 0) is 178 Å². The first-order valence-corrected chi connectivity index (χ1v) is 37.2. The van der Waals surface area contributed by atoms with Crippen molar-refractivity contribution >= 4 is 87.1 Å². The molecule has 27 nitrogen and oxygen atoms in total. The molecular weight excluding hydrogens is 1460 g/mol. The van der Waals surface area contributed by atoms with Gasteiger partial charge in [0.15, 0.2) is 0 Å². The number of aromatic amines is 1. The molecule has 570 valence electrons. The topological polar surface area (TPSA) is 315 Å². The Morgan fingerprint density at radius 1 is 0.449 bits per heavy atom. The van der Waals surface area contributed by atoms with Gasteiger partial charge in [-0.3, -0.25) is 0 Å². The standard InChI is InChI=1S/C24H27ClN4O4.C22H23ClN4O4.C14H15ClN4O3.C11H14ClNO.C5H11NO/c1-3-32-24(30)22-23(29(27-26-22)16-17-4-10-20(31-2)11-5-17)33-21-12-14-28(15-13-21)19-8-6-18(25)7-9-19;1-30-18-8-2-15(3-9-18)14-27-21(20(22(28)29)24-25-27)31-19-10-12-26(13-11-19)17-6-4-16(23)5-7-17;15-9-1-3-10(4-2-9)19-7-5-11(6-8-19)22-13-12(14(20)21)16-18-17-13;12-9-1-3-10(4-2-9)13-7-5-11(14)6-8-13;7-5-1-3-6-4-2-5/h4-11,21H,3,12-16H2,1-2H3;2-9,19H,10-14H2,1H3,(H,28,29);1-4,11H,5-8H2,(H,20,21)(H,16,17,18);1-4,11,14H,5-8H2;5-7H,1-4H2. The van der Waals surface area contributed by atoms with Crippen molar-refractivity contribution in [3.8, 4) is 29.1 Å². The molecule has 6 aromatic carbocycles. The Bertz CT molecular complexity index is 4180. The predicted molar refractivity (Wildman–Crippen MR) is 409 cm³/mol. The van der Waals surface area contributed by atoms with Crippen LogP contribution in [0, 0.1) is 0 Å². The van der Waals surface area contributed by atoms with Crippen molar-refractivity contribution in [1.29, 1.82) is 0 Å². The number of nitrogens with zero attached hydrogens (tertiary/aromatic N) is 12. The molecule has 3 aromatic heterocycles. The molecule has 0 amide bonds. The number of carboxylic acid groups (broad SMARTS) is 2. The van der Waals surface area contributed by atoms with Gasteiger partial charge in [0.25, 0.3) is 5.88 Å². The summed E-state index contributed by atoms with van der Waals surface area (Å²) in [6, 6.07) is 46.3. The second-order valence-electron chi connectivity index (χ2n) is 25.8. The fraction of sp³-hybridized carbons (Fsp3) is 0.408. The van der Waals surface area contributed by atoms with E-state index in [4.69, 9.17) is 85.0 Å². The fourth-order valence-corrected chi connectivity index (χ4v) is 13.0. The lowest BCUT2D eigenvalue weighted by atomic mass is 10.1. The summed E-state index contributed by atoms with van der Waals surface area (Å²) in [5.41, 5.74) is 6.30. The number of aromatic nitrogens is 9. The van der Waals surface area contributed by atoms with Crippen molar-refractivity contribution in [1.82, 2.24) is 50.7 Å². The lowest BCUT2D eigenvalue weighted by molar-refractivity contribution is 0.0507. The summed E-state index contributed by atoms with van der Waals surface area (Å²) in [4.78, 5) is 44.2. The van der Waals surface area contributed by atoms with Crippen LogP contribution in [0.3, 0.4) is 0 Å². The quantitative estimate of drug-likeness (QED) is 0.0386. The first-order chi connectivity index (χ1) is 51.9. The molecule has 6 N–H and O–H groups in total. The molecule has 5 aliphatic heterocycles. The Balaban J connectivity index is 0.000000153. The highest BCUT2D eigenvalue weighted by atomic mass is 35.5. The molecule has 5 saturated heterocycles. The number of carboxylic acids is 2. The number of hydrogen-bond donors (Lipinski definition) is 6. The molecule has 5 fully saturated rings. The molecule has 5 aliphatic rings. The predicted octanol–water partition coefficient (Wildman–Crippen LogP) is 12.2. The number of piperidine rings is 5. The summed E-state index contributed by atoms with van der Waals surface area (Å²) in [6.07, 6.45) is 7.91. The van der Waals surface area contributed by atoms with Crippen LogP contribution in [0.15, 0.2) is 146 Å². The average molecular weight is 1550 g/mol. The monoisotopic (exact) mass is 1550 g/mol. The number of hydrogen-bond acceptors (Lipinski definition) is 22. The molecule has 0 spiro atoms. The molecule has 0 unspecified atom stereocenters. The van der Waals surface area contributed by atoms with E-state index in [-0.39, 0.29) is 66.0 Å². The summed E-state index contributed by atoms with van der Waals surface area (Å²) in [7, 11) is 3.23. The van der Waals surface area contributed by atoms with Crippen LogP contribution in [0.2, 0.25) is 20.1 Å². The number of anilines is 4. The van der Waals surface area contributed by atoms with Crippen LogP contribution < -0.4 is 48.6 Å². The van der Waals surface area contributed by atoms with E-state index in [1.807, 2.05) is 146 Å². The summed E-state index contributed by atoms with van der Waals surface area (Å²) >= 11 is 23.7. The van der Waals surface area contributed by atoms with Crippen LogP contribution in [-0.2, 0) is 17.8 Å². The second-order valence-corrected chi connectivity index (χ2v) is 27.6. The van der Waals surface area contributed by atoms with Gasteiger partial charge in [0.05, 0.1) is 46.1 Å². The molecular formula is C76H90Cl4N14O13. The third-order valence-electron chi connectivity index (χ3n) is 18.5. The van der Waals surface area contributed by atoms with Gasteiger partial charge >= 0.3 is 17.9 Å². The number of nitrogens with one attached hydrogen (secondary N) is 2. The Kier molecular flexibility index (Phi) is 30.2. The van der Waals surface area contributed by atoms with Gasteiger partial charge in [0, 0.05) is 134 Å². The maximum Gasteiger partial charge on any atom is 0.364 e. The summed E-state index contributed by atoms with van der Waals surface area (Å²) in [5.74, 6) is -0.717. The first-order valence-electron chi connectivity index (χ1n) is 35.6. The van der Waals surface area contributed by atoms with Crippen molar-refractivity contribution in [2.45, 2.75) is 115 Å². The zero-order valence-electron chi connectivity index (χ0n) is 59.8. The molecule has 31 heteroatoms. The molecule has 0 aliphatic carbocycles. The van der Waals surface area contributed by atoms with Gasteiger partial charge in [-0.1, -0.05) is 91.4 Å². The highest BCUT2D eigenvalue weighted by Gasteiger charge is 2.31. The number of aromatic carboxylic acids is 2. The second kappa shape index (κ2) is 40.4. The number of halogens is 4. The van der Waals surface area contributed by atoms with E-state index < -0.39 is 17.9 Å². The maximum atomic E-state index is 12.5. The Labute approximate surface area is 641 Å². The molecule has 0 radical (unpaired) electrons. The van der Waals surface area contributed by atoms with Crippen LogP contribution in [-0.4, -0.2) is 201 Å². The number of benzene rings is 6. The lowest BCUT2D eigenvalue weighted by Gasteiger charge is -2.33. The molecule has 0 bridgehead atoms. The molecule has 14 rings (SSSR count). The Morgan fingerprint density at radius 3 is 1.13 bits per heavy atom. The van der Waals surface area contributed by atoms with Crippen molar-refractivity contribution in [2.75, 3.05) is 106 Å². The third kappa shape index (κ3) is 23.9. The largest absolute Gasteiger partial charge is 0.497 e. The molecule has 0 atom stereocenters. The number of rotatable bonds is 20. The SMILES string of the molecule is CCOC(=O)c1nnn(Cc2ccc(OC)cc2)c1OC1CCN(c2ccc(Cl)cc2)CC1.COc1ccc(Cn2nnc(C(=O)O)c2OC2CCN(c3ccc(Cl)cc3)CC2)cc1.O=C(O)c1[nH]nnc1OC1CCN(c2ccc(Cl)cc2)CC1.OC1CCN(c2ccc(Cl)cc2)CC1.OC1CCNCC1. The minimum atomic E-state index is -1.16.